The lowest BCUT2D eigenvalue weighted by atomic mass is 10.2. The number of sulfonamides is 1. The molecule has 0 saturated carbocycles. The molecule has 2 rings (SSSR count). The monoisotopic (exact) mass is 299 g/mol. The summed E-state index contributed by atoms with van der Waals surface area (Å²) in [5.74, 6) is 0.550. The van der Waals surface area contributed by atoms with Gasteiger partial charge in [-0.15, -0.1) is 0 Å². The third-order valence-electron chi connectivity index (χ3n) is 3.03. The molecule has 110 valence electrons. The van der Waals surface area contributed by atoms with Crippen molar-refractivity contribution in [3.05, 3.63) is 23.8 Å². The van der Waals surface area contributed by atoms with E-state index < -0.39 is 10.0 Å². The first-order chi connectivity index (χ1) is 9.38. The third-order valence-corrected chi connectivity index (χ3v) is 4.10. The summed E-state index contributed by atoms with van der Waals surface area (Å²) in [5.41, 5.74) is 0.531. The van der Waals surface area contributed by atoms with Crippen molar-refractivity contribution in [3.8, 4) is 5.75 Å². The summed E-state index contributed by atoms with van der Waals surface area (Å²) in [6.45, 7) is 3.82. The van der Waals surface area contributed by atoms with Gasteiger partial charge in [-0.05, 0) is 30.7 Å². The van der Waals surface area contributed by atoms with Crippen molar-refractivity contribution in [1.82, 2.24) is 10.2 Å². The maximum absolute atomic E-state index is 11.3. The molecule has 0 radical (unpaired) electrons. The van der Waals surface area contributed by atoms with Gasteiger partial charge in [-0.1, -0.05) is 0 Å². The number of carbonyl (C=O) groups excluding carboxylic acids is 1. The molecule has 1 aliphatic rings. The predicted octanol–water partition coefficient (Wildman–Crippen LogP) is 0.0464. The van der Waals surface area contributed by atoms with E-state index in [0.717, 1.165) is 0 Å². The van der Waals surface area contributed by atoms with Crippen LogP contribution in [0.2, 0.25) is 0 Å². The first-order valence-corrected chi connectivity index (χ1v) is 7.71. The Balaban J connectivity index is 1.94. The molecule has 1 aliphatic heterocycles. The number of nitrogens with two attached hydrogens (primary N) is 1. The molecule has 3 N–H and O–H groups in total. The van der Waals surface area contributed by atoms with Crippen molar-refractivity contribution in [3.63, 3.8) is 0 Å². The number of rotatable bonds is 5. The van der Waals surface area contributed by atoms with E-state index in [2.05, 4.69) is 5.32 Å². The molecule has 8 heteroatoms. The van der Waals surface area contributed by atoms with Crippen LogP contribution in [-0.2, 0) is 10.0 Å². The highest BCUT2D eigenvalue weighted by atomic mass is 32.2. The van der Waals surface area contributed by atoms with Gasteiger partial charge >= 0.3 is 6.03 Å². The maximum atomic E-state index is 11.3. The van der Waals surface area contributed by atoms with Crippen molar-refractivity contribution < 1.29 is 17.9 Å². The Kier molecular flexibility index (Phi) is 4.15. The Morgan fingerprint density at radius 2 is 2.20 bits per heavy atom. The second-order valence-electron chi connectivity index (χ2n) is 4.54. The fourth-order valence-electron chi connectivity index (χ4n) is 2.03. The molecule has 1 saturated heterocycles. The number of aryl methyl sites for hydroxylation is 1. The number of hydrogen-bond donors (Lipinski definition) is 2. The number of urea groups is 1. The molecule has 1 fully saturated rings. The fourth-order valence-corrected chi connectivity index (χ4v) is 2.79. The van der Waals surface area contributed by atoms with Crippen LogP contribution < -0.4 is 15.2 Å². The molecule has 20 heavy (non-hydrogen) atoms. The van der Waals surface area contributed by atoms with E-state index in [1.165, 1.54) is 6.07 Å². The normalized spacial score (nSPS) is 15.3. The minimum absolute atomic E-state index is 0.0868. The summed E-state index contributed by atoms with van der Waals surface area (Å²) < 4.78 is 28.1. The van der Waals surface area contributed by atoms with Crippen LogP contribution >= 0.6 is 0 Å². The Morgan fingerprint density at radius 3 is 2.75 bits per heavy atom. The number of nitrogens with zero attached hydrogens (tertiary/aromatic N) is 1. The molecule has 1 aromatic rings. The second-order valence-corrected chi connectivity index (χ2v) is 6.07. The Morgan fingerprint density at radius 1 is 1.45 bits per heavy atom. The average Bonchev–Trinajstić information content (AvgIpc) is 2.73. The van der Waals surface area contributed by atoms with E-state index in [1.54, 1.807) is 24.0 Å². The summed E-state index contributed by atoms with van der Waals surface area (Å²) in [4.78, 5) is 13.0. The lowest BCUT2D eigenvalue weighted by molar-refractivity contribution is 0.202. The Bertz CT molecular complexity index is 615. The zero-order valence-electron chi connectivity index (χ0n) is 11.1. The van der Waals surface area contributed by atoms with Crippen LogP contribution in [0.5, 0.6) is 5.75 Å². The second kappa shape index (κ2) is 5.68. The standard InChI is InChI=1S/C12H17N3O4S/c1-9-8-10(2-3-11(9)20(13,17)18)19-7-6-15-5-4-14-12(15)16/h2-3,8H,4-7H2,1H3,(H,14,16)(H2,13,17,18). The first kappa shape index (κ1) is 14.6. The van der Waals surface area contributed by atoms with Gasteiger partial charge < -0.3 is 15.0 Å². The molecular formula is C12H17N3O4S. The molecular weight excluding hydrogens is 282 g/mol. The molecule has 0 atom stereocenters. The molecule has 7 nitrogen and oxygen atoms in total. The van der Waals surface area contributed by atoms with Crippen molar-refractivity contribution in [1.29, 1.82) is 0 Å². The summed E-state index contributed by atoms with van der Waals surface area (Å²) in [6, 6.07) is 4.50. The van der Waals surface area contributed by atoms with E-state index in [1.807, 2.05) is 0 Å². The quantitative estimate of drug-likeness (QED) is 0.801. The van der Waals surface area contributed by atoms with Crippen molar-refractivity contribution in [2.45, 2.75) is 11.8 Å². The van der Waals surface area contributed by atoms with Gasteiger partial charge in [-0.2, -0.15) is 0 Å². The van der Waals surface area contributed by atoms with Crippen LogP contribution in [-0.4, -0.2) is 45.6 Å². The van der Waals surface area contributed by atoms with E-state index in [0.29, 0.717) is 37.6 Å². The Hall–Kier alpha value is -1.80. The van der Waals surface area contributed by atoms with Crippen LogP contribution in [0, 0.1) is 6.92 Å². The highest BCUT2D eigenvalue weighted by molar-refractivity contribution is 7.89. The van der Waals surface area contributed by atoms with Gasteiger partial charge in [-0.3, -0.25) is 0 Å². The van der Waals surface area contributed by atoms with Gasteiger partial charge in [0.05, 0.1) is 11.4 Å². The van der Waals surface area contributed by atoms with Crippen LogP contribution in [0.1, 0.15) is 5.56 Å². The largest absolute Gasteiger partial charge is 0.492 e. The van der Waals surface area contributed by atoms with E-state index in [9.17, 15) is 13.2 Å². The number of carbonyl (C=O) groups is 1. The van der Waals surface area contributed by atoms with E-state index in [-0.39, 0.29) is 10.9 Å². The number of benzene rings is 1. The maximum Gasteiger partial charge on any atom is 0.317 e. The molecule has 1 heterocycles. The summed E-state index contributed by atoms with van der Waals surface area (Å²) in [6.07, 6.45) is 0. The molecule has 0 unspecified atom stereocenters. The SMILES string of the molecule is Cc1cc(OCCN2CCNC2=O)ccc1S(N)(=O)=O. The highest BCUT2D eigenvalue weighted by Gasteiger charge is 2.18. The molecule has 0 bridgehead atoms. The summed E-state index contributed by atoms with van der Waals surface area (Å²) >= 11 is 0. The smallest absolute Gasteiger partial charge is 0.317 e. The van der Waals surface area contributed by atoms with Crippen LogP contribution in [0.4, 0.5) is 4.79 Å². The third kappa shape index (κ3) is 3.40. The minimum Gasteiger partial charge on any atom is -0.492 e. The van der Waals surface area contributed by atoms with E-state index >= 15 is 0 Å². The van der Waals surface area contributed by atoms with Crippen LogP contribution in [0.25, 0.3) is 0 Å². The number of primary sulfonamides is 1. The summed E-state index contributed by atoms with van der Waals surface area (Å²) in [5, 5.41) is 7.79. The molecule has 1 aromatic carbocycles. The van der Waals surface area contributed by atoms with Gasteiger partial charge in [-0.25, -0.2) is 18.4 Å². The van der Waals surface area contributed by atoms with Crippen molar-refractivity contribution in [2.24, 2.45) is 5.14 Å². The fraction of sp³-hybridized carbons (Fsp3) is 0.417. The van der Waals surface area contributed by atoms with Gasteiger partial charge in [0.15, 0.2) is 0 Å². The van der Waals surface area contributed by atoms with Crippen LogP contribution in [0.15, 0.2) is 23.1 Å². The molecule has 0 aliphatic carbocycles. The predicted molar refractivity (Wildman–Crippen MR) is 73.0 cm³/mol. The number of amides is 2. The lowest BCUT2D eigenvalue weighted by Gasteiger charge is -2.15. The van der Waals surface area contributed by atoms with Gasteiger partial charge in [0.25, 0.3) is 0 Å². The van der Waals surface area contributed by atoms with Gasteiger partial charge in [0, 0.05) is 13.1 Å². The van der Waals surface area contributed by atoms with Gasteiger partial charge in [0.1, 0.15) is 12.4 Å². The lowest BCUT2D eigenvalue weighted by Crippen LogP contribution is -2.31. The average molecular weight is 299 g/mol. The summed E-state index contributed by atoms with van der Waals surface area (Å²) in [7, 11) is -3.71. The molecule has 0 aromatic heterocycles. The van der Waals surface area contributed by atoms with Crippen LogP contribution in [0.3, 0.4) is 0 Å². The topological polar surface area (TPSA) is 102 Å². The van der Waals surface area contributed by atoms with Crippen molar-refractivity contribution >= 4 is 16.1 Å². The molecule has 2 amide bonds. The zero-order valence-corrected chi connectivity index (χ0v) is 11.9. The zero-order chi connectivity index (χ0) is 14.8. The Labute approximate surface area is 117 Å². The number of ether oxygens (including phenoxy) is 1. The number of nitrogens with one attached hydrogen (secondary N) is 1. The highest BCUT2D eigenvalue weighted by Crippen LogP contribution is 2.20. The van der Waals surface area contributed by atoms with Crippen molar-refractivity contribution in [2.75, 3.05) is 26.2 Å². The molecule has 0 spiro atoms. The van der Waals surface area contributed by atoms with E-state index in [4.69, 9.17) is 9.88 Å². The van der Waals surface area contributed by atoms with Gasteiger partial charge in [0.2, 0.25) is 10.0 Å². The minimum atomic E-state index is -3.71. The first-order valence-electron chi connectivity index (χ1n) is 6.17. The number of hydrogen-bond acceptors (Lipinski definition) is 4.